The lowest BCUT2D eigenvalue weighted by atomic mass is 10.1. The number of carbonyl (C=O) groups is 3. The molecule has 4 rings (SSSR count). The zero-order chi connectivity index (χ0) is 24.4. The molecule has 1 aliphatic rings. The summed E-state index contributed by atoms with van der Waals surface area (Å²) >= 11 is 18.1. The number of anilines is 2. The Morgan fingerprint density at radius 3 is 2.32 bits per heavy atom. The molecule has 0 spiro atoms. The van der Waals surface area contributed by atoms with Crippen LogP contribution in [0.3, 0.4) is 0 Å². The molecule has 0 atom stereocenters. The van der Waals surface area contributed by atoms with Crippen molar-refractivity contribution in [3.63, 3.8) is 0 Å². The Kier molecular flexibility index (Phi) is 6.93. The number of nitrogens with one attached hydrogen (secondary N) is 1. The number of benzene rings is 3. The number of para-hydroxylation sites is 1. The van der Waals surface area contributed by atoms with Gasteiger partial charge in [0, 0.05) is 10.7 Å². The molecule has 0 saturated heterocycles. The van der Waals surface area contributed by atoms with Gasteiger partial charge in [-0.3, -0.25) is 9.59 Å². The molecule has 3 aromatic carbocycles. The van der Waals surface area contributed by atoms with Crippen molar-refractivity contribution >= 4 is 64.0 Å². The highest BCUT2D eigenvalue weighted by molar-refractivity contribution is 6.53. The second-order valence-electron chi connectivity index (χ2n) is 7.28. The first kappa shape index (κ1) is 23.8. The van der Waals surface area contributed by atoms with Gasteiger partial charge in [-0.05, 0) is 60.5 Å². The summed E-state index contributed by atoms with van der Waals surface area (Å²) in [4.78, 5) is 39.3. The van der Waals surface area contributed by atoms with Crippen molar-refractivity contribution < 1.29 is 19.1 Å². The van der Waals surface area contributed by atoms with Crippen LogP contribution in [-0.2, 0) is 16.0 Å². The lowest BCUT2D eigenvalue weighted by Gasteiger charge is -2.18. The summed E-state index contributed by atoms with van der Waals surface area (Å²) in [5, 5.41) is 3.30. The van der Waals surface area contributed by atoms with Gasteiger partial charge in [-0.25, -0.2) is 9.69 Å². The van der Waals surface area contributed by atoms with Crippen molar-refractivity contribution in [3.8, 4) is 5.75 Å². The molecule has 0 aliphatic carbocycles. The van der Waals surface area contributed by atoms with Gasteiger partial charge in [-0.1, -0.05) is 59.9 Å². The summed E-state index contributed by atoms with van der Waals surface area (Å²) in [6.45, 7) is 1.94. The topological polar surface area (TPSA) is 75.7 Å². The summed E-state index contributed by atoms with van der Waals surface area (Å²) in [6, 6.07) is 17.8. The van der Waals surface area contributed by atoms with E-state index in [9.17, 15) is 14.4 Å². The molecule has 0 aromatic heterocycles. The Morgan fingerprint density at radius 2 is 1.65 bits per heavy atom. The molecule has 6 nitrogen and oxygen atoms in total. The zero-order valence-corrected chi connectivity index (χ0v) is 20.0. The maximum atomic E-state index is 13.0. The SMILES string of the molecule is CCc1ccccc1N1C(=O)C(Cl)=C(Nc2ccc(C(=O)Oc3ccc(Cl)cc3Cl)cc2)C1=O. The Labute approximate surface area is 210 Å². The van der Waals surface area contributed by atoms with E-state index in [4.69, 9.17) is 39.5 Å². The molecule has 9 heteroatoms. The number of aryl methyl sites for hydroxylation is 1. The van der Waals surface area contributed by atoms with E-state index in [2.05, 4.69) is 5.32 Å². The fraction of sp³-hybridized carbons (Fsp3) is 0.0800. The van der Waals surface area contributed by atoms with Crippen LogP contribution in [0.15, 0.2) is 77.5 Å². The minimum atomic E-state index is -0.623. The van der Waals surface area contributed by atoms with E-state index in [0.29, 0.717) is 22.8 Å². The Bertz CT molecular complexity index is 1340. The molecular formula is C25H17Cl3N2O4. The van der Waals surface area contributed by atoms with Crippen molar-refractivity contribution in [3.05, 3.63) is 98.6 Å². The number of rotatable bonds is 6. The summed E-state index contributed by atoms with van der Waals surface area (Å²) in [7, 11) is 0. The summed E-state index contributed by atoms with van der Waals surface area (Å²) < 4.78 is 5.31. The van der Waals surface area contributed by atoms with Gasteiger partial charge in [0.05, 0.1) is 16.3 Å². The van der Waals surface area contributed by atoms with E-state index in [-0.39, 0.29) is 27.1 Å². The Balaban J connectivity index is 1.50. The molecule has 2 amide bonds. The van der Waals surface area contributed by atoms with Crippen LogP contribution in [0.1, 0.15) is 22.8 Å². The Hall–Kier alpha value is -3.32. The molecule has 1 N–H and O–H groups in total. The van der Waals surface area contributed by atoms with Gasteiger partial charge < -0.3 is 10.1 Å². The van der Waals surface area contributed by atoms with Crippen LogP contribution in [0.5, 0.6) is 5.75 Å². The van der Waals surface area contributed by atoms with Crippen molar-refractivity contribution in [2.24, 2.45) is 0 Å². The van der Waals surface area contributed by atoms with Crippen LogP contribution in [0.25, 0.3) is 0 Å². The largest absolute Gasteiger partial charge is 0.421 e. The lowest BCUT2D eigenvalue weighted by Crippen LogP contribution is -2.33. The minimum Gasteiger partial charge on any atom is -0.421 e. The lowest BCUT2D eigenvalue weighted by molar-refractivity contribution is -0.120. The fourth-order valence-electron chi connectivity index (χ4n) is 3.41. The molecule has 3 aromatic rings. The van der Waals surface area contributed by atoms with Gasteiger partial charge in [0.2, 0.25) is 0 Å². The predicted octanol–water partition coefficient (Wildman–Crippen LogP) is 6.21. The van der Waals surface area contributed by atoms with Crippen LogP contribution < -0.4 is 15.0 Å². The summed E-state index contributed by atoms with van der Waals surface area (Å²) in [6.07, 6.45) is 0.645. The third-order valence-corrected chi connectivity index (χ3v) is 6.01. The highest BCUT2D eigenvalue weighted by atomic mass is 35.5. The molecule has 172 valence electrons. The standard InChI is InChI=1S/C25H17Cl3N2O4/c1-2-14-5-3-4-6-19(14)30-23(31)21(28)22(24(30)32)29-17-10-7-15(8-11-17)25(33)34-20-12-9-16(26)13-18(20)27/h3-13,29H,2H2,1H3. The number of carbonyl (C=O) groups excluding carboxylic acids is 3. The normalized spacial score (nSPS) is 13.5. The second kappa shape index (κ2) is 9.89. The van der Waals surface area contributed by atoms with Crippen LogP contribution in [-0.4, -0.2) is 17.8 Å². The summed E-state index contributed by atoms with van der Waals surface area (Å²) in [5.74, 6) is -1.60. The van der Waals surface area contributed by atoms with Gasteiger partial charge in [0.1, 0.15) is 16.5 Å². The first-order valence-electron chi connectivity index (χ1n) is 10.2. The molecule has 0 bridgehead atoms. The third-order valence-electron chi connectivity index (χ3n) is 5.13. The van der Waals surface area contributed by atoms with Crippen LogP contribution in [0, 0.1) is 0 Å². The molecular weight excluding hydrogens is 499 g/mol. The highest BCUT2D eigenvalue weighted by Gasteiger charge is 2.39. The quantitative estimate of drug-likeness (QED) is 0.240. The first-order valence-corrected chi connectivity index (χ1v) is 11.3. The molecule has 0 saturated carbocycles. The van der Waals surface area contributed by atoms with Crippen molar-refractivity contribution in [1.82, 2.24) is 0 Å². The maximum absolute atomic E-state index is 13.0. The molecule has 34 heavy (non-hydrogen) atoms. The number of nitrogens with zero attached hydrogens (tertiary/aromatic N) is 1. The monoisotopic (exact) mass is 514 g/mol. The highest BCUT2D eigenvalue weighted by Crippen LogP contribution is 2.32. The van der Waals surface area contributed by atoms with Crippen molar-refractivity contribution in [2.75, 3.05) is 10.2 Å². The average molecular weight is 516 g/mol. The van der Waals surface area contributed by atoms with Crippen LogP contribution in [0.2, 0.25) is 10.0 Å². The molecule has 1 heterocycles. The van der Waals surface area contributed by atoms with E-state index >= 15 is 0 Å². The number of esters is 1. The van der Waals surface area contributed by atoms with E-state index in [1.165, 1.54) is 24.3 Å². The van der Waals surface area contributed by atoms with E-state index < -0.39 is 17.8 Å². The summed E-state index contributed by atoms with van der Waals surface area (Å²) in [5.41, 5.74) is 2.01. The minimum absolute atomic E-state index is 0.0409. The van der Waals surface area contributed by atoms with Crippen LogP contribution in [0.4, 0.5) is 11.4 Å². The van der Waals surface area contributed by atoms with Gasteiger partial charge in [-0.15, -0.1) is 0 Å². The zero-order valence-electron chi connectivity index (χ0n) is 17.8. The number of imide groups is 1. The smallest absolute Gasteiger partial charge is 0.343 e. The second-order valence-corrected chi connectivity index (χ2v) is 8.51. The number of hydrogen-bond donors (Lipinski definition) is 1. The maximum Gasteiger partial charge on any atom is 0.343 e. The third kappa shape index (κ3) is 4.66. The first-order chi connectivity index (χ1) is 16.3. The van der Waals surface area contributed by atoms with E-state index in [0.717, 1.165) is 10.5 Å². The molecule has 1 aliphatic heterocycles. The van der Waals surface area contributed by atoms with Crippen molar-refractivity contribution in [2.45, 2.75) is 13.3 Å². The van der Waals surface area contributed by atoms with E-state index in [1.54, 1.807) is 30.3 Å². The number of hydrogen-bond acceptors (Lipinski definition) is 5. The van der Waals surface area contributed by atoms with Gasteiger partial charge in [-0.2, -0.15) is 0 Å². The molecule has 0 unspecified atom stereocenters. The Morgan fingerprint density at radius 1 is 0.941 bits per heavy atom. The molecule has 0 fully saturated rings. The molecule has 0 radical (unpaired) electrons. The van der Waals surface area contributed by atoms with Gasteiger partial charge >= 0.3 is 5.97 Å². The van der Waals surface area contributed by atoms with Crippen molar-refractivity contribution in [1.29, 1.82) is 0 Å². The van der Waals surface area contributed by atoms with E-state index in [1.807, 2.05) is 19.1 Å². The number of amides is 2. The van der Waals surface area contributed by atoms with Crippen LogP contribution >= 0.6 is 34.8 Å². The number of ether oxygens (including phenoxy) is 1. The van der Waals surface area contributed by atoms with Gasteiger partial charge in [0.15, 0.2) is 0 Å². The predicted molar refractivity (Wildman–Crippen MR) is 133 cm³/mol. The fourth-order valence-corrected chi connectivity index (χ4v) is 4.07. The van der Waals surface area contributed by atoms with Gasteiger partial charge in [0.25, 0.3) is 11.8 Å². The average Bonchev–Trinajstić information content (AvgIpc) is 3.04. The number of halogens is 3.